The number of ether oxygens (including phenoxy) is 2. The average molecular weight is 345 g/mol. The molecule has 0 saturated carbocycles. The van der Waals surface area contributed by atoms with Crippen LogP contribution in [0.25, 0.3) is 5.53 Å². The van der Waals surface area contributed by atoms with Crippen molar-refractivity contribution in [1.29, 1.82) is 0 Å². The maximum Gasteiger partial charge on any atom is 0.420 e. The second-order valence-electron chi connectivity index (χ2n) is 5.13. The van der Waals surface area contributed by atoms with Crippen molar-refractivity contribution in [3.63, 3.8) is 0 Å². The summed E-state index contributed by atoms with van der Waals surface area (Å²) < 4.78 is 9.95. The summed E-state index contributed by atoms with van der Waals surface area (Å²) in [7, 11) is 0. The minimum absolute atomic E-state index is 0.0335. The van der Waals surface area contributed by atoms with E-state index in [-0.39, 0.29) is 25.3 Å². The average Bonchev–Trinajstić information content (AvgIpc) is 3.06. The summed E-state index contributed by atoms with van der Waals surface area (Å²) in [5.74, 6) is -1.34. The van der Waals surface area contributed by atoms with Crippen LogP contribution in [0, 0.1) is 0 Å². The monoisotopic (exact) mass is 345 g/mol. The van der Waals surface area contributed by atoms with Crippen molar-refractivity contribution in [2.24, 2.45) is 0 Å². The Kier molecular flexibility index (Phi) is 6.45. The number of esters is 2. The molecule has 25 heavy (non-hydrogen) atoms. The molecule has 8 nitrogen and oxygen atoms in total. The number of anilines is 1. The Hall–Kier alpha value is -2.96. The molecule has 0 unspecified atom stereocenters. The third-order valence-electron chi connectivity index (χ3n) is 3.48. The summed E-state index contributed by atoms with van der Waals surface area (Å²) in [5, 5.41) is 1.36. The van der Waals surface area contributed by atoms with Gasteiger partial charge in [0, 0.05) is 6.42 Å². The smallest absolute Gasteiger partial charge is 0.420 e. The van der Waals surface area contributed by atoms with Crippen molar-refractivity contribution in [3.8, 4) is 0 Å². The Morgan fingerprint density at radius 1 is 1.40 bits per heavy atom. The van der Waals surface area contributed by atoms with Crippen LogP contribution in [0.15, 0.2) is 43.0 Å². The van der Waals surface area contributed by atoms with E-state index < -0.39 is 24.1 Å². The van der Waals surface area contributed by atoms with E-state index in [0.717, 1.165) is 0 Å². The van der Waals surface area contributed by atoms with Crippen molar-refractivity contribution in [3.05, 3.63) is 48.5 Å². The van der Waals surface area contributed by atoms with Crippen LogP contribution in [0.1, 0.15) is 13.3 Å². The van der Waals surface area contributed by atoms with Gasteiger partial charge in [-0.05, 0) is 19.1 Å². The number of hydroxylamine groups is 1. The third kappa shape index (κ3) is 4.32. The molecule has 2 rings (SSSR count). The van der Waals surface area contributed by atoms with E-state index in [1.165, 1.54) is 11.1 Å². The van der Waals surface area contributed by atoms with Gasteiger partial charge in [-0.2, -0.15) is 4.79 Å². The van der Waals surface area contributed by atoms with Gasteiger partial charge in [0.25, 0.3) is 0 Å². The molecule has 0 aromatic heterocycles. The number of para-hydroxylation sites is 1. The zero-order valence-electron chi connectivity index (χ0n) is 13.8. The summed E-state index contributed by atoms with van der Waals surface area (Å²) in [5.41, 5.74) is 9.47. The van der Waals surface area contributed by atoms with Gasteiger partial charge in [0.05, 0.1) is 12.3 Å². The standard InChI is InChI=1S/C17H19N3O5/c1-3-10-24-17(22)15(19-18)14-11-13(16(21)23-4-2)20(25-14)12-8-6-5-7-9-12/h3,5-9,13-14H,1,4,10-11H2,2H3/t13-,14+/m1/s1. The van der Waals surface area contributed by atoms with Gasteiger partial charge in [-0.1, -0.05) is 30.9 Å². The minimum Gasteiger partial charge on any atom is -0.464 e. The molecule has 0 aliphatic carbocycles. The van der Waals surface area contributed by atoms with E-state index in [0.29, 0.717) is 5.69 Å². The largest absolute Gasteiger partial charge is 0.464 e. The third-order valence-corrected chi connectivity index (χ3v) is 3.48. The fourth-order valence-electron chi connectivity index (χ4n) is 2.41. The van der Waals surface area contributed by atoms with Gasteiger partial charge >= 0.3 is 17.7 Å². The molecule has 2 atom stereocenters. The van der Waals surface area contributed by atoms with Gasteiger partial charge in [-0.25, -0.2) is 14.7 Å². The molecule has 1 fully saturated rings. The van der Waals surface area contributed by atoms with E-state index in [1.54, 1.807) is 31.2 Å². The van der Waals surface area contributed by atoms with E-state index in [9.17, 15) is 15.1 Å². The fourth-order valence-corrected chi connectivity index (χ4v) is 2.41. The van der Waals surface area contributed by atoms with Gasteiger partial charge in [0.2, 0.25) is 0 Å². The van der Waals surface area contributed by atoms with Gasteiger partial charge in [0.15, 0.2) is 12.1 Å². The van der Waals surface area contributed by atoms with E-state index >= 15 is 0 Å². The molecule has 8 heteroatoms. The first kappa shape index (κ1) is 18.4. The summed E-state index contributed by atoms with van der Waals surface area (Å²) in [6.07, 6.45) is 0.521. The maximum atomic E-state index is 12.3. The fraction of sp³-hybridized carbons (Fsp3) is 0.353. The first-order valence-corrected chi connectivity index (χ1v) is 7.80. The quantitative estimate of drug-likeness (QED) is 0.244. The van der Waals surface area contributed by atoms with Crippen LogP contribution in [0.2, 0.25) is 0 Å². The molecule has 1 saturated heterocycles. The van der Waals surface area contributed by atoms with Crippen LogP contribution in [0.3, 0.4) is 0 Å². The Balaban J connectivity index is 2.25. The summed E-state index contributed by atoms with van der Waals surface area (Å²) in [6.45, 7) is 5.32. The maximum absolute atomic E-state index is 12.3. The Bertz CT molecular complexity index is 685. The van der Waals surface area contributed by atoms with Crippen molar-refractivity contribution in [2.45, 2.75) is 25.5 Å². The molecule has 1 aromatic rings. The predicted octanol–water partition coefficient (Wildman–Crippen LogP) is 1.53. The first-order chi connectivity index (χ1) is 12.1. The van der Waals surface area contributed by atoms with Crippen LogP contribution < -0.4 is 5.06 Å². The van der Waals surface area contributed by atoms with Gasteiger partial charge < -0.3 is 15.0 Å². The summed E-state index contributed by atoms with van der Waals surface area (Å²) >= 11 is 0. The van der Waals surface area contributed by atoms with E-state index in [1.807, 2.05) is 6.07 Å². The van der Waals surface area contributed by atoms with Crippen LogP contribution in [-0.4, -0.2) is 47.8 Å². The number of carbonyl (C=O) groups is 2. The molecule has 1 aliphatic rings. The SMILES string of the molecule is C=CCOC(=O)C(=[N+]=[N-])[C@@H]1C[C@H](C(=O)OCC)N(c2ccccc2)O1. The number of carbonyl (C=O) groups excluding carboxylic acids is 2. The number of nitrogens with zero attached hydrogens (tertiary/aromatic N) is 3. The molecule has 0 N–H and O–H groups in total. The molecule has 0 radical (unpaired) electrons. The molecule has 1 aliphatic heterocycles. The molecule has 1 aromatic carbocycles. The zero-order valence-corrected chi connectivity index (χ0v) is 13.8. The number of hydrogen-bond donors (Lipinski definition) is 0. The molecule has 0 bridgehead atoms. The minimum atomic E-state index is -0.947. The topological polar surface area (TPSA) is 101 Å². The summed E-state index contributed by atoms with van der Waals surface area (Å²) in [6, 6.07) is 8.11. The highest BCUT2D eigenvalue weighted by atomic mass is 16.7. The summed E-state index contributed by atoms with van der Waals surface area (Å²) in [4.78, 5) is 32.9. The lowest BCUT2D eigenvalue weighted by Crippen LogP contribution is -2.36. The highest BCUT2D eigenvalue weighted by molar-refractivity contribution is 6.35. The van der Waals surface area contributed by atoms with E-state index in [2.05, 4.69) is 11.4 Å². The van der Waals surface area contributed by atoms with Crippen molar-refractivity contribution in [2.75, 3.05) is 18.3 Å². The predicted molar refractivity (Wildman–Crippen MR) is 88.6 cm³/mol. The van der Waals surface area contributed by atoms with Gasteiger partial charge in [-0.3, -0.25) is 4.84 Å². The molecule has 0 spiro atoms. The van der Waals surface area contributed by atoms with Crippen LogP contribution in [0.4, 0.5) is 5.69 Å². The highest BCUT2D eigenvalue weighted by Gasteiger charge is 2.48. The van der Waals surface area contributed by atoms with Gasteiger partial charge in [0.1, 0.15) is 6.61 Å². The number of hydrogen-bond acceptors (Lipinski definition) is 6. The zero-order chi connectivity index (χ0) is 18.2. The van der Waals surface area contributed by atoms with Crippen molar-refractivity contribution >= 4 is 23.3 Å². The molecule has 1 heterocycles. The second kappa shape index (κ2) is 8.77. The number of rotatable bonds is 7. The highest BCUT2D eigenvalue weighted by Crippen LogP contribution is 2.29. The van der Waals surface area contributed by atoms with Crippen LogP contribution >= 0.6 is 0 Å². The molecular formula is C17H19N3O5. The Labute approximate surface area is 145 Å². The van der Waals surface area contributed by atoms with Crippen molar-refractivity contribution < 1.29 is 28.7 Å². The van der Waals surface area contributed by atoms with Crippen LogP contribution in [0.5, 0.6) is 0 Å². The molecular weight excluding hydrogens is 326 g/mol. The molecule has 132 valence electrons. The molecule has 0 amide bonds. The normalized spacial score (nSPS) is 19.0. The van der Waals surface area contributed by atoms with Crippen molar-refractivity contribution in [1.82, 2.24) is 0 Å². The van der Waals surface area contributed by atoms with Crippen LogP contribution in [-0.2, 0) is 23.9 Å². The Morgan fingerprint density at radius 3 is 2.72 bits per heavy atom. The lowest BCUT2D eigenvalue weighted by Gasteiger charge is -2.22. The van der Waals surface area contributed by atoms with E-state index in [4.69, 9.17) is 14.3 Å². The Morgan fingerprint density at radius 2 is 2.12 bits per heavy atom. The van der Waals surface area contributed by atoms with Gasteiger partial charge in [-0.15, -0.1) is 0 Å². The first-order valence-electron chi connectivity index (χ1n) is 7.80. The lowest BCUT2D eigenvalue weighted by atomic mass is 10.1. The lowest BCUT2D eigenvalue weighted by molar-refractivity contribution is -0.145. The second-order valence-corrected chi connectivity index (χ2v) is 5.13. The number of benzene rings is 1.